The van der Waals surface area contributed by atoms with E-state index in [1.807, 2.05) is 53.1 Å². The van der Waals surface area contributed by atoms with Crippen LogP contribution in [0.1, 0.15) is 35.2 Å². The Hall–Kier alpha value is -2.47. The standard InChI is InChI=1S/C24H28N2O3S/c1-29-21-9-5-8-20(18-21)23(28)25-14-12-24(13-15-25)26(16-17-30-24)22(27)11-10-19-6-3-2-4-7-19/h2-9,18H,10-17H2,1H3. The van der Waals surface area contributed by atoms with Crippen LogP contribution in [0.4, 0.5) is 0 Å². The van der Waals surface area contributed by atoms with Gasteiger partial charge in [-0.2, -0.15) is 0 Å². The third-order valence-corrected chi connectivity index (χ3v) is 7.65. The fourth-order valence-electron chi connectivity index (χ4n) is 4.40. The van der Waals surface area contributed by atoms with Crippen molar-refractivity contribution in [1.82, 2.24) is 9.80 Å². The van der Waals surface area contributed by atoms with Crippen LogP contribution in [-0.2, 0) is 11.2 Å². The number of carbonyl (C=O) groups excluding carboxylic acids is 2. The molecule has 30 heavy (non-hydrogen) atoms. The molecule has 0 radical (unpaired) electrons. The summed E-state index contributed by atoms with van der Waals surface area (Å²) < 4.78 is 5.25. The van der Waals surface area contributed by atoms with Gasteiger partial charge in [-0.1, -0.05) is 36.4 Å². The van der Waals surface area contributed by atoms with Crippen LogP contribution in [0, 0.1) is 0 Å². The molecule has 2 aliphatic heterocycles. The van der Waals surface area contributed by atoms with Crippen LogP contribution in [0.5, 0.6) is 5.75 Å². The summed E-state index contributed by atoms with van der Waals surface area (Å²) in [5, 5.41) is 0. The lowest BCUT2D eigenvalue weighted by Gasteiger charge is -2.44. The monoisotopic (exact) mass is 424 g/mol. The molecule has 2 fully saturated rings. The molecule has 0 aromatic heterocycles. The van der Waals surface area contributed by atoms with E-state index in [2.05, 4.69) is 17.0 Å². The number of piperidine rings is 1. The molecule has 2 aromatic carbocycles. The lowest BCUT2D eigenvalue weighted by atomic mass is 10.00. The molecule has 0 bridgehead atoms. The topological polar surface area (TPSA) is 49.9 Å². The molecule has 6 heteroatoms. The fraction of sp³-hybridized carbons (Fsp3) is 0.417. The van der Waals surface area contributed by atoms with E-state index in [-0.39, 0.29) is 16.7 Å². The van der Waals surface area contributed by atoms with Gasteiger partial charge in [-0.25, -0.2) is 0 Å². The van der Waals surface area contributed by atoms with Crippen molar-refractivity contribution in [3.05, 3.63) is 65.7 Å². The zero-order chi connectivity index (χ0) is 21.0. The van der Waals surface area contributed by atoms with Gasteiger partial charge in [-0.15, -0.1) is 11.8 Å². The Bertz CT molecular complexity index is 894. The summed E-state index contributed by atoms with van der Waals surface area (Å²) in [5.41, 5.74) is 1.85. The normalized spacial score (nSPS) is 17.9. The lowest BCUT2D eigenvalue weighted by molar-refractivity contribution is -0.134. The number of ether oxygens (including phenoxy) is 1. The molecular weight excluding hydrogens is 396 g/mol. The highest BCUT2D eigenvalue weighted by atomic mass is 32.2. The zero-order valence-electron chi connectivity index (χ0n) is 17.4. The Morgan fingerprint density at radius 3 is 2.53 bits per heavy atom. The molecule has 2 heterocycles. The molecule has 0 N–H and O–H groups in total. The first-order chi connectivity index (χ1) is 14.6. The first-order valence-electron chi connectivity index (χ1n) is 10.5. The Kier molecular flexibility index (Phi) is 6.32. The van der Waals surface area contributed by atoms with Gasteiger partial charge in [0.05, 0.1) is 12.0 Å². The van der Waals surface area contributed by atoms with Crippen molar-refractivity contribution in [2.45, 2.75) is 30.6 Å². The van der Waals surface area contributed by atoms with Crippen LogP contribution >= 0.6 is 11.8 Å². The van der Waals surface area contributed by atoms with E-state index in [1.165, 1.54) is 5.56 Å². The second-order valence-corrected chi connectivity index (χ2v) is 9.31. The van der Waals surface area contributed by atoms with E-state index >= 15 is 0 Å². The highest BCUT2D eigenvalue weighted by molar-refractivity contribution is 8.00. The summed E-state index contributed by atoms with van der Waals surface area (Å²) in [6.07, 6.45) is 2.96. The van der Waals surface area contributed by atoms with Crippen LogP contribution in [0.3, 0.4) is 0 Å². The summed E-state index contributed by atoms with van der Waals surface area (Å²) in [6.45, 7) is 2.15. The number of amides is 2. The van der Waals surface area contributed by atoms with Gasteiger partial charge in [-0.3, -0.25) is 9.59 Å². The molecule has 2 aliphatic rings. The predicted octanol–water partition coefficient (Wildman–Crippen LogP) is 3.84. The average Bonchev–Trinajstić information content (AvgIpc) is 3.21. The van der Waals surface area contributed by atoms with Gasteiger partial charge in [0, 0.05) is 37.4 Å². The second-order valence-electron chi connectivity index (χ2n) is 7.85. The molecule has 2 aromatic rings. The van der Waals surface area contributed by atoms with Gasteiger partial charge >= 0.3 is 0 Å². The number of thioether (sulfide) groups is 1. The van der Waals surface area contributed by atoms with Gasteiger partial charge < -0.3 is 14.5 Å². The molecule has 158 valence electrons. The second kappa shape index (κ2) is 9.13. The van der Waals surface area contributed by atoms with Gasteiger partial charge in [-0.05, 0) is 43.0 Å². The van der Waals surface area contributed by atoms with Crippen molar-refractivity contribution in [3.63, 3.8) is 0 Å². The van der Waals surface area contributed by atoms with E-state index in [4.69, 9.17) is 4.74 Å². The molecule has 2 amide bonds. The summed E-state index contributed by atoms with van der Waals surface area (Å²) in [4.78, 5) is 29.8. The van der Waals surface area contributed by atoms with Crippen molar-refractivity contribution < 1.29 is 14.3 Å². The maximum atomic E-state index is 13.0. The highest BCUT2D eigenvalue weighted by Gasteiger charge is 2.46. The summed E-state index contributed by atoms with van der Waals surface area (Å²) in [6, 6.07) is 17.5. The van der Waals surface area contributed by atoms with Crippen molar-refractivity contribution in [1.29, 1.82) is 0 Å². The van der Waals surface area contributed by atoms with Gasteiger partial charge in [0.1, 0.15) is 5.75 Å². The molecule has 5 nitrogen and oxygen atoms in total. The summed E-state index contributed by atoms with van der Waals surface area (Å²) >= 11 is 1.89. The van der Waals surface area contributed by atoms with Crippen LogP contribution in [0.2, 0.25) is 0 Å². The van der Waals surface area contributed by atoms with Gasteiger partial charge in [0.25, 0.3) is 5.91 Å². The van der Waals surface area contributed by atoms with Gasteiger partial charge in [0.2, 0.25) is 5.91 Å². The maximum absolute atomic E-state index is 13.0. The number of likely N-dealkylation sites (tertiary alicyclic amines) is 1. The molecule has 0 atom stereocenters. The van der Waals surface area contributed by atoms with Crippen molar-refractivity contribution in [3.8, 4) is 5.75 Å². The number of aryl methyl sites for hydroxylation is 1. The number of carbonyl (C=O) groups is 2. The average molecular weight is 425 g/mol. The molecule has 1 spiro atoms. The van der Waals surface area contributed by atoms with Crippen molar-refractivity contribution in [2.24, 2.45) is 0 Å². The Morgan fingerprint density at radius 2 is 1.80 bits per heavy atom. The predicted molar refractivity (Wildman–Crippen MR) is 120 cm³/mol. The van der Waals surface area contributed by atoms with E-state index in [9.17, 15) is 9.59 Å². The zero-order valence-corrected chi connectivity index (χ0v) is 18.2. The number of hydrogen-bond acceptors (Lipinski definition) is 4. The van der Waals surface area contributed by atoms with Crippen molar-refractivity contribution in [2.75, 3.05) is 32.5 Å². The van der Waals surface area contributed by atoms with Crippen LogP contribution in [0.15, 0.2) is 54.6 Å². The van der Waals surface area contributed by atoms with Crippen LogP contribution < -0.4 is 4.74 Å². The lowest BCUT2D eigenvalue weighted by Crippen LogP contribution is -2.53. The smallest absolute Gasteiger partial charge is 0.253 e. The molecule has 4 rings (SSSR count). The first kappa shape index (κ1) is 20.8. The van der Waals surface area contributed by atoms with E-state index in [1.54, 1.807) is 13.2 Å². The SMILES string of the molecule is COc1cccc(C(=O)N2CCC3(CC2)SCCN3C(=O)CCc2ccccc2)c1. The van der Waals surface area contributed by atoms with Crippen LogP contribution in [0.25, 0.3) is 0 Å². The maximum Gasteiger partial charge on any atom is 0.253 e. The Balaban J connectivity index is 1.37. The fourth-order valence-corrected chi connectivity index (χ4v) is 5.88. The minimum atomic E-state index is -0.154. The molecule has 2 saturated heterocycles. The minimum absolute atomic E-state index is 0.0358. The van der Waals surface area contributed by atoms with Crippen LogP contribution in [-0.4, -0.2) is 59.0 Å². The van der Waals surface area contributed by atoms with Gasteiger partial charge in [0.15, 0.2) is 0 Å². The Labute approximate surface area is 182 Å². The quantitative estimate of drug-likeness (QED) is 0.732. The molecule has 0 unspecified atom stereocenters. The number of hydrogen-bond donors (Lipinski definition) is 0. The first-order valence-corrected chi connectivity index (χ1v) is 11.5. The summed E-state index contributed by atoms with van der Waals surface area (Å²) in [5.74, 6) is 1.93. The van der Waals surface area contributed by atoms with E-state index in [0.29, 0.717) is 30.8 Å². The molecular formula is C24H28N2O3S. The third kappa shape index (κ3) is 4.33. The number of nitrogens with zero attached hydrogens (tertiary/aromatic N) is 2. The summed E-state index contributed by atoms with van der Waals surface area (Å²) in [7, 11) is 1.61. The number of methoxy groups -OCH3 is 1. The minimum Gasteiger partial charge on any atom is -0.497 e. The van der Waals surface area contributed by atoms with Crippen molar-refractivity contribution >= 4 is 23.6 Å². The largest absolute Gasteiger partial charge is 0.497 e. The van der Waals surface area contributed by atoms with E-state index in [0.717, 1.165) is 31.6 Å². The number of benzene rings is 2. The third-order valence-electron chi connectivity index (χ3n) is 6.10. The Morgan fingerprint density at radius 1 is 1.03 bits per heavy atom. The molecule has 0 saturated carbocycles. The highest BCUT2D eigenvalue weighted by Crippen LogP contribution is 2.44. The number of rotatable bonds is 5. The molecule has 0 aliphatic carbocycles. The van der Waals surface area contributed by atoms with E-state index < -0.39 is 0 Å².